The third kappa shape index (κ3) is 5.59. The van der Waals surface area contributed by atoms with Gasteiger partial charge in [0, 0.05) is 0 Å². The molecule has 152 valence electrons. The first-order chi connectivity index (χ1) is 14.0. The Bertz CT molecular complexity index is 1050. The molecule has 2 aromatic carbocycles. The van der Waals surface area contributed by atoms with Gasteiger partial charge >= 0.3 is 5.91 Å². The maximum atomic E-state index is 12.3. The molecule has 0 unspecified atom stereocenters. The van der Waals surface area contributed by atoms with E-state index in [1.807, 2.05) is 30.0 Å². The van der Waals surface area contributed by atoms with Crippen molar-refractivity contribution in [3.05, 3.63) is 78.3 Å². The minimum Gasteiger partial charge on any atom is -0.494 e. The first-order valence-corrected chi connectivity index (χ1v) is 10.3. The molecule has 0 aliphatic carbocycles. The number of sulfonamides is 1. The summed E-state index contributed by atoms with van der Waals surface area (Å²) in [6, 6.07) is 18.0. The van der Waals surface area contributed by atoms with Gasteiger partial charge in [0.15, 0.2) is 5.76 Å². The smallest absolute Gasteiger partial charge is 0.301 e. The Morgan fingerprint density at radius 2 is 1.62 bits per heavy atom. The highest BCUT2D eigenvalue weighted by atomic mass is 32.2. The maximum absolute atomic E-state index is 12.3. The number of rotatable bonds is 9. The number of hydrogen-bond acceptors (Lipinski definition) is 6. The molecule has 0 saturated heterocycles. The summed E-state index contributed by atoms with van der Waals surface area (Å²) in [6.45, 7) is 2.44. The van der Waals surface area contributed by atoms with Crippen molar-refractivity contribution in [3.8, 4) is 11.5 Å². The molecule has 0 bridgehead atoms. The predicted octanol–water partition coefficient (Wildman–Crippen LogP) is 2.88. The average molecular weight is 416 g/mol. The van der Waals surface area contributed by atoms with Gasteiger partial charge < -0.3 is 13.9 Å². The topological polar surface area (TPSA) is 107 Å². The van der Waals surface area contributed by atoms with Gasteiger partial charge in [0.05, 0.1) is 11.5 Å². The Kier molecular flexibility index (Phi) is 6.53. The van der Waals surface area contributed by atoms with Crippen LogP contribution in [0.2, 0.25) is 0 Å². The summed E-state index contributed by atoms with van der Waals surface area (Å²) < 4.78 is 40.8. The van der Waals surface area contributed by atoms with Gasteiger partial charge in [0.1, 0.15) is 23.9 Å². The third-order valence-corrected chi connectivity index (χ3v) is 5.02. The van der Waals surface area contributed by atoms with Gasteiger partial charge in [0.2, 0.25) is 0 Å². The second-order valence-electron chi connectivity index (χ2n) is 5.83. The number of hydrogen-bond donors (Lipinski definition) is 2. The van der Waals surface area contributed by atoms with E-state index in [0.29, 0.717) is 23.9 Å². The molecule has 3 rings (SSSR count). The van der Waals surface area contributed by atoms with E-state index in [9.17, 15) is 13.2 Å². The summed E-state index contributed by atoms with van der Waals surface area (Å²) in [5, 5.41) is 0. The fraction of sp³-hybridized carbons (Fsp3) is 0.150. The molecule has 0 atom stereocenters. The number of ether oxygens (including phenoxy) is 2. The van der Waals surface area contributed by atoms with Gasteiger partial charge in [-0.15, -0.1) is 4.83 Å². The number of hydrazine groups is 1. The number of furan rings is 1. The molecule has 0 aliphatic rings. The third-order valence-electron chi connectivity index (χ3n) is 3.75. The second kappa shape index (κ2) is 9.26. The molecule has 1 amide bonds. The monoisotopic (exact) mass is 416 g/mol. The molecule has 0 radical (unpaired) electrons. The first-order valence-electron chi connectivity index (χ1n) is 8.79. The van der Waals surface area contributed by atoms with Crippen LogP contribution in [0, 0.1) is 0 Å². The van der Waals surface area contributed by atoms with E-state index >= 15 is 0 Å². The van der Waals surface area contributed by atoms with Crippen molar-refractivity contribution in [2.45, 2.75) is 18.4 Å². The summed E-state index contributed by atoms with van der Waals surface area (Å²) in [7, 11) is -3.94. The lowest BCUT2D eigenvalue weighted by molar-refractivity contribution is 0.0913. The molecule has 8 nitrogen and oxygen atoms in total. The second-order valence-corrected chi connectivity index (χ2v) is 7.51. The van der Waals surface area contributed by atoms with E-state index in [0.717, 1.165) is 0 Å². The Labute approximate surface area is 168 Å². The van der Waals surface area contributed by atoms with Crippen molar-refractivity contribution < 1.29 is 27.1 Å². The lowest BCUT2D eigenvalue weighted by Crippen LogP contribution is -2.41. The Morgan fingerprint density at radius 1 is 0.931 bits per heavy atom. The van der Waals surface area contributed by atoms with Crippen molar-refractivity contribution in [2.75, 3.05) is 6.61 Å². The number of carbonyl (C=O) groups excluding carboxylic acids is 1. The zero-order valence-corrected chi connectivity index (χ0v) is 16.4. The van der Waals surface area contributed by atoms with E-state index in [1.165, 1.54) is 30.3 Å². The number of amides is 1. The van der Waals surface area contributed by atoms with Crippen LogP contribution in [0.3, 0.4) is 0 Å². The highest BCUT2D eigenvalue weighted by Crippen LogP contribution is 2.16. The van der Waals surface area contributed by atoms with Gasteiger partial charge in [-0.3, -0.25) is 10.2 Å². The van der Waals surface area contributed by atoms with Gasteiger partial charge in [-0.1, -0.05) is 18.2 Å². The van der Waals surface area contributed by atoms with Gasteiger partial charge in [-0.2, -0.15) is 0 Å². The van der Waals surface area contributed by atoms with Crippen LogP contribution in [0.1, 0.15) is 23.2 Å². The largest absolute Gasteiger partial charge is 0.494 e. The van der Waals surface area contributed by atoms with E-state index in [2.05, 4.69) is 5.43 Å². The van der Waals surface area contributed by atoms with Crippen LogP contribution < -0.4 is 19.7 Å². The quantitative estimate of drug-likeness (QED) is 0.520. The standard InChI is InChI=1S/C20H20N2O6S/c1-2-26-16-8-11-18(12-9-16)29(24,25)22-21-20(23)19-13-10-17(28-19)14-27-15-6-4-3-5-7-15/h3-13,22H,2,14H2,1H3,(H,21,23). The van der Waals surface area contributed by atoms with Crippen molar-refractivity contribution in [2.24, 2.45) is 0 Å². The minimum absolute atomic E-state index is 0.0161. The molecular weight excluding hydrogens is 396 g/mol. The molecule has 0 fully saturated rings. The van der Waals surface area contributed by atoms with E-state index < -0.39 is 15.9 Å². The molecule has 0 spiro atoms. The highest BCUT2D eigenvalue weighted by Gasteiger charge is 2.17. The van der Waals surface area contributed by atoms with Crippen LogP contribution >= 0.6 is 0 Å². The number of nitrogens with one attached hydrogen (secondary N) is 2. The van der Waals surface area contributed by atoms with Crippen molar-refractivity contribution in [1.29, 1.82) is 0 Å². The van der Waals surface area contributed by atoms with Crippen LogP contribution in [0.25, 0.3) is 0 Å². The molecule has 2 N–H and O–H groups in total. The molecule has 9 heteroatoms. The summed E-state index contributed by atoms with van der Waals surface area (Å²) in [6.07, 6.45) is 0. The molecule has 0 aliphatic heterocycles. The Morgan fingerprint density at radius 3 is 2.31 bits per heavy atom. The van der Waals surface area contributed by atoms with Crippen LogP contribution in [-0.4, -0.2) is 20.9 Å². The van der Waals surface area contributed by atoms with E-state index in [1.54, 1.807) is 18.2 Å². The predicted molar refractivity (Wildman–Crippen MR) is 105 cm³/mol. The van der Waals surface area contributed by atoms with Crippen LogP contribution in [0.5, 0.6) is 11.5 Å². The lowest BCUT2D eigenvalue weighted by atomic mass is 10.3. The van der Waals surface area contributed by atoms with Crippen LogP contribution in [0.4, 0.5) is 0 Å². The molecule has 3 aromatic rings. The van der Waals surface area contributed by atoms with Crippen LogP contribution in [-0.2, 0) is 16.6 Å². The SMILES string of the molecule is CCOc1ccc(S(=O)(=O)NNC(=O)c2ccc(COc3ccccc3)o2)cc1. The van der Waals surface area contributed by atoms with Crippen molar-refractivity contribution in [3.63, 3.8) is 0 Å². The lowest BCUT2D eigenvalue weighted by Gasteiger charge is -2.08. The minimum atomic E-state index is -3.94. The molecule has 1 heterocycles. The molecule has 1 aromatic heterocycles. The van der Waals surface area contributed by atoms with Crippen molar-refractivity contribution in [1.82, 2.24) is 10.3 Å². The zero-order valence-electron chi connectivity index (χ0n) is 15.6. The molecular formula is C20H20N2O6S. The highest BCUT2D eigenvalue weighted by molar-refractivity contribution is 7.89. The van der Waals surface area contributed by atoms with Crippen LogP contribution in [0.15, 0.2) is 76.0 Å². The summed E-state index contributed by atoms with van der Waals surface area (Å²) in [5.41, 5.74) is 2.12. The summed E-state index contributed by atoms with van der Waals surface area (Å²) in [4.78, 5) is 14.2. The first kappa shape index (κ1) is 20.4. The Hall–Kier alpha value is -3.30. The zero-order chi connectivity index (χ0) is 20.7. The summed E-state index contributed by atoms with van der Waals surface area (Å²) in [5.74, 6) is 0.860. The maximum Gasteiger partial charge on any atom is 0.301 e. The normalized spacial score (nSPS) is 11.1. The van der Waals surface area contributed by atoms with Crippen molar-refractivity contribution >= 4 is 15.9 Å². The van der Waals surface area contributed by atoms with E-state index in [-0.39, 0.29) is 17.3 Å². The molecule has 0 saturated carbocycles. The molecule has 29 heavy (non-hydrogen) atoms. The average Bonchev–Trinajstić information content (AvgIpc) is 3.21. The van der Waals surface area contributed by atoms with Gasteiger partial charge in [0.25, 0.3) is 10.0 Å². The van der Waals surface area contributed by atoms with E-state index in [4.69, 9.17) is 13.9 Å². The van der Waals surface area contributed by atoms with Gasteiger partial charge in [-0.05, 0) is 55.5 Å². The number of para-hydroxylation sites is 1. The number of benzene rings is 2. The summed E-state index contributed by atoms with van der Waals surface area (Å²) >= 11 is 0. The number of carbonyl (C=O) groups is 1. The Balaban J connectivity index is 1.55. The van der Waals surface area contributed by atoms with Gasteiger partial charge in [-0.25, -0.2) is 8.42 Å². The fourth-order valence-corrected chi connectivity index (χ4v) is 3.20. The fourth-order valence-electron chi connectivity index (χ4n) is 2.36.